The van der Waals surface area contributed by atoms with Gasteiger partial charge in [-0.25, -0.2) is 8.78 Å². The number of alkyl halides is 3. The summed E-state index contributed by atoms with van der Waals surface area (Å²) in [6.07, 6.45) is -1.96. The Bertz CT molecular complexity index is 1120. The smallest absolute Gasteiger partial charge is 0.422 e. The van der Waals surface area contributed by atoms with Gasteiger partial charge in [-0.05, 0) is 42.3 Å². The number of benzene rings is 1. The Kier molecular flexibility index (Phi) is 8.27. The summed E-state index contributed by atoms with van der Waals surface area (Å²) in [4.78, 5) is 20.7. The molecular formula is C24H21F5N2O3. The number of aliphatic hydroxyl groups is 1. The first kappa shape index (κ1) is 25.2. The minimum atomic E-state index is -4.48. The molecule has 0 fully saturated rings. The Balaban J connectivity index is 1.65. The summed E-state index contributed by atoms with van der Waals surface area (Å²) in [7, 11) is 0. The predicted molar refractivity (Wildman–Crippen MR) is 113 cm³/mol. The van der Waals surface area contributed by atoms with Crippen LogP contribution < -0.4 is 4.74 Å². The van der Waals surface area contributed by atoms with Gasteiger partial charge >= 0.3 is 6.18 Å². The minimum Gasteiger partial charge on any atom is -0.483 e. The molecule has 3 aromatic rings. The Labute approximate surface area is 192 Å². The molecule has 34 heavy (non-hydrogen) atoms. The maximum absolute atomic E-state index is 14.5. The van der Waals surface area contributed by atoms with Gasteiger partial charge in [0.15, 0.2) is 6.61 Å². The molecule has 0 saturated heterocycles. The maximum atomic E-state index is 14.5. The topological polar surface area (TPSA) is 72.3 Å². The molecule has 1 aromatic carbocycles. The number of halogens is 5. The van der Waals surface area contributed by atoms with Crippen molar-refractivity contribution in [1.29, 1.82) is 0 Å². The summed E-state index contributed by atoms with van der Waals surface area (Å²) in [5, 5.41) is 9.35. The Morgan fingerprint density at radius 3 is 2.47 bits per heavy atom. The number of hydrogen-bond donors (Lipinski definition) is 1. The number of carbonyl (C=O) groups is 1. The zero-order chi connectivity index (χ0) is 24.7. The second-order valence-corrected chi connectivity index (χ2v) is 7.64. The largest absolute Gasteiger partial charge is 0.483 e. The third kappa shape index (κ3) is 7.31. The molecule has 0 unspecified atom stereocenters. The van der Waals surface area contributed by atoms with Crippen molar-refractivity contribution in [3.05, 3.63) is 77.8 Å². The second-order valence-electron chi connectivity index (χ2n) is 7.64. The fourth-order valence-electron chi connectivity index (χ4n) is 3.39. The van der Waals surface area contributed by atoms with E-state index in [-0.39, 0.29) is 48.7 Å². The number of ether oxygens (including phenoxy) is 1. The average molecular weight is 480 g/mol. The summed E-state index contributed by atoms with van der Waals surface area (Å²) in [5.74, 6) is -2.05. The van der Waals surface area contributed by atoms with Gasteiger partial charge in [-0.2, -0.15) is 13.2 Å². The summed E-state index contributed by atoms with van der Waals surface area (Å²) in [6, 6.07) is 9.26. The van der Waals surface area contributed by atoms with Crippen LogP contribution in [0.4, 0.5) is 22.0 Å². The molecule has 0 aliphatic rings. The van der Waals surface area contributed by atoms with Gasteiger partial charge in [-0.1, -0.05) is 12.1 Å². The van der Waals surface area contributed by atoms with Crippen molar-refractivity contribution in [3.63, 3.8) is 0 Å². The Morgan fingerprint density at radius 1 is 1.06 bits per heavy atom. The van der Waals surface area contributed by atoms with E-state index in [1.807, 2.05) is 0 Å². The number of pyridine rings is 2. The van der Waals surface area contributed by atoms with Gasteiger partial charge in [-0.3, -0.25) is 14.8 Å². The molecule has 0 amide bonds. The van der Waals surface area contributed by atoms with Crippen LogP contribution in [0.25, 0.3) is 11.3 Å². The zero-order valence-electron chi connectivity index (χ0n) is 17.9. The van der Waals surface area contributed by atoms with E-state index in [4.69, 9.17) is 0 Å². The summed E-state index contributed by atoms with van der Waals surface area (Å²) < 4.78 is 69.3. The number of aromatic nitrogens is 2. The van der Waals surface area contributed by atoms with Crippen LogP contribution in [0.15, 0.2) is 54.9 Å². The van der Waals surface area contributed by atoms with E-state index in [0.29, 0.717) is 11.3 Å². The van der Waals surface area contributed by atoms with Crippen molar-refractivity contribution < 1.29 is 36.6 Å². The van der Waals surface area contributed by atoms with Crippen LogP contribution in [0.5, 0.6) is 5.75 Å². The highest BCUT2D eigenvalue weighted by atomic mass is 19.4. The lowest BCUT2D eigenvalue weighted by atomic mass is 9.92. The van der Waals surface area contributed by atoms with Crippen LogP contribution in [0.1, 0.15) is 30.0 Å². The molecule has 5 nitrogen and oxygen atoms in total. The molecule has 2 heterocycles. The first-order chi connectivity index (χ1) is 16.1. The quantitative estimate of drug-likeness (QED) is 0.412. The molecule has 0 saturated carbocycles. The van der Waals surface area contributed by atoms with E-state index in [0.717, 1.165) is 18.3 Å². The van der Waals surface area contributed by atoms with Crippen molar-refractivity contribution in [2.45, 2.75) is 31.4 Å². The van der Waals surface area contributed by atoms with Crippen LogP contribution >= 0.6 is 0 Å². The summed E-state index contributed by atoms with van der Waals surface area (Å²) in [6.45, 7) is -1.68. The van der Waals surface area contributed by atoms with Gasteiger partial charge in [0.05, 0.1) is 6.20 Å². The van der Waals surface area contributed by atoms with Gasteiger partial charge in [0.1, 0.15) is 28.9 Å². The number of hydrogen-bond acceptors (Lipinski definition) is 5. The SMILES string of the molecule is O=C(Cc1cnc(-c2cccc(F)c2)c(F)c1)C[C@H](CCO)c1ccc(OCC(F)(F)F)cn1. The van der Waals surface area contributed by atoms with Crippen molar-refractivity contribution >= 4 is 5.78 Å². The molecule has 180 valence electrons. The van der Waals surface area contributed by atoms with Crippen molar-refractivity contribution in [3.8, 4) is 17.0 Å². The maximum Gasteiger partial charge on any atom is 0.422 e. The van der Waals surface area contributed by atoms with E-state index in [1.54, 1.807) is 0 Å². The number of rotatable bonds is 10. The average Bonchev–Trinajstić information content (AvgIpc) is 2.77. The van der Waals surface area contributed by atoms with Crippen molar-refractivity contribution in [2.24, 2.45) is 0 Å². The van der Waals surface area contributed by atoms with E-state index in [9.17, 15) is 31.9 Å². The lowest BCUT2D eigenvalue weighted by Gasteiger charge is -2.16. The van der Waals surface area contributed by atoms with Gasteiger partial charge in [-0.15, -0.1) is 0 Å². The monoisotopic (exact) mass is 480 g/mol. The van der Waals surface area contributed by atoms with E-state index in [2.05, 4.69) is 14.7 Å². The molecule has 0 radical (unpaired) electrons. The van der Waals surface area contributed by atoms with Gasteiger partial charge in [0.25, 0.3) is 0 Å². The fraction of sp³-hybridized carbons (Fsp3) is 0.292. The van der Waals surface area contributed by atoms with Gasteiger partial charge in [0.2, 0.25) is 0 Å². The lowest BCUT2D eigenvalue weighted by Crippen LogP contribution is -2.19. The number of Topliss-reactive ketones (excluding diaryl/α,β-unsaturated/α-hetero) is 1. The standard InChI is InChI=1S/C24H21F5N2O3/c25-18-3-1-2-17(10-18)23-21(26)9-15(12-31-23)8-19(33)11-16(6-7-32)22-5-4-20(13-30-22)34-14-24(27,28)29/h1-5,9-10,12-13,16,32H,6-8,11,14H2/t16-/m0/s1. The van der Waals surface area contributed by atoms with E-state index >= 15 is 0 Å². The third-order valence-corrected chi connectivity index (χ3v) is 4.93. The first-order valence-electron chi connectivity index (χ1n) is 10.3. The normalized spacial score (nSPS) is 12.4. The molecule has 1 atom stereocenters. The molecule has 0 aliphatic carbocycles. The molecule has 2 aromatic heterocycles. The highest BCUT2D eigenvalue weighted by Gasteiger charge is 2.28. The summed E-state index contributed by atoms with van der Waals surface area (Å²) in [5.41, 5.74) is 0.972. The highest BCUT2D eigenvalue weighted by Crippen LogP contribution is 2.26. The number of aliphatic hydroxyl groups excluding tert-OH is 1. The molecule has 3 rings (SSSR count). The third-order valence-electron chi connectivity index (χ3n) is 4.93. The molecular weight excluding hydrogens is 459 g/mol. The van der Waals surface area contributed by atoms with Crippen LogP contribution in [-0.4, -0.2) is 40.2 Å². The summed E-state index contributed by atoms with van der Waals surface area (Å²) >= 11 is 0. The lowest BCUT2D eigenvalue weighted by molar-refractivity contribution is -0.153. The van der Waals surface area contributed by atoms with Crippen molar-refractivity contribution in [1.82, 2.24) is 9.97 Å². The Hall–Kier alpha value is -3.40. The second kappa shape index (κ2) is 11.1. The van der Waals surface area contributed by atoms with Crippen LogP contribution in [0.3, 0.4) is 0 Å². The zero-order valence-corrected chi connectivity index (χ0v) is 17.9. The van der Waals surface area contributed by atoms with Gasteiger partial charge < -0.3 is 9.84 Å². The van der Waals surface area contributed by atoms with E-state index < -0.39 is 30.3 Å². The number of carbonyl (C=O) groups excluding carboxylic acids is 1. The Morgan fingerprint density at radius 2 is 1.85 bits per heavy atom. The van der Waals surface area contributed by atoms with E-state index in [1.165, 1.54) is 36.5 Å². The molecule has 0 bridgehead atoms. The van der Waals surface area contributed by atoms with Crippen LogP contribution in [0, 0.1) is 11.6 Å². The fourth-order valence-corrected chi connectivity index (χ4v) is 3.39. The van der Waals surface area contributed by atoms with Crippen LogP contribution in [-0.2, 0) is 11.2 Å². The molecule has 1 N–H and O–H groups in total. The first-order valence-corrected chi connectivity index (χ1v) is 10.3. The predicted octanol–water partition coefficient (Wildman–Crippen LogP) is 5.03. The van der Waals surface area contributed by atoms with Crippen LogP contribution in [0.2, 0.25) is 0 Å². The number of ketones is 1. The van der Waals surface area contributed by atoms with Crippen molar-refractivity contribution in [2.75, 3.05) is 13.2 Å². The minimum absolute atomic E-state index is 0.0242. The molecule has 10 heteroatoms. The highest BCUT2D eigenvalue weighted by molar-refractivity contribution is 5.81. The number of nitrogens with zero attached hydrogens (tertiary/aromatic N) is 2. The molecule has 0 aliphatic heterocycles. The van der Waals surface area contributed by atoms with Gasteiger partial charge in [0, 0.05) is 42.8 Å². The molecule has 0 spiro atoms.